The molecule has 4 rings (SSSR count). The van der Waals surface area contributed by atoms with Crippen LogP contribution in [0.5, 0.6) is 0 Å². The van der Waals surface area contributed by atoms with Crippen molar-refractivity contribution in [3.63, 3.8) is 0 Å². The Kier molecular flexibility index (Phi) is 4.85. The van der Waals surface area contributed by atoms with Crippen molar-refractivity contribution >= 4 is 17.9 Å². The molecule has 3 atom stereocenters. The summed E-state index contributed by atoms with van der Waals surface area (Å²) in [4.78, 5) is 9.55. The Morgan fingerprint density at radius 2 is 1.92 bits per heavy atom. The molecule has 0 spiro atoms. The third-order valence-electron chi connectivity index (χ3n) is 5.28. The Bertz CT molecular complexity index is 826. The number of benzene rings is 2. The van der Waals surface area contributed by atoms with E-state index in [1.165, 1.54) is 11.1 Å². The highest BCUT2D eigenvalue weighted by molar-refractivity contribution is 6.00. The molecular formula is C22H25N3O. The molecule has 2 N–H and O–H groups in total. The van der Waals surface area contributed by atoms with Crippen LogP contribution >= 0.6 is 0 Å². The predicted octanol–water partition coefficient (Wildman–Crippen LogP) is 4.01. The van der Waals surface area contributed by atoms with Gasteiger partial charge in [0.25, 0.3) is 0 Å². The number of rotatable bonds is 3. The zero-order chi connectivity index (χ0) is 17.9. The molecule has 0 amide bonds. The Balaban J connectivity index is 1.58. The second-order valence-corrected chi connectivity index (χ2v) is 7.38. The molecule has 0 fully saturated rings. The molecule has 1 aliphatic carbocycles. The molecule has 3 unspecified atom stereocenters. The minimum absolute atomic E-state index is 0.143. The van der Waals surface area contributed by atoms with Gasteiger partial charge < -0.3 is 10.4 Å². The molecule has 0 aromatic heterocycles. The summed E-state index contributed by atoms with van der Waals surface area (Å²) in [6.45, 7) is 2.49. The van der Waals surface area contributed by atoms with Crippen molar-refractivity contribution < 1.29 is 5.11 Å². The fourth-order valence-electron chi connectivity index (χ4n) is 4.01. The van der Waals surface area contributed by atoms with Gasteiger partial charge in [0.15, 0.2) is 0 Å². The Labute approximate surface area is 154 Å². The van der Waals surface area contributed by atoms with E-state index >= 15 is 0 Å². The predicted molar refractivity (Wildman–Crippen MR) is 107 cm³/mol. The third kappa shape index (κ3) is 3.56. The van der Waals surface area contributed by atoms with Gasteiger partial charge in [0, 0.05) is 24.4 Å². The highest BCUT2D eigenvalue weighted by Crippen LogP contribution is 2.38. The first-order valence-corrected chi connectivity index (χ1v) is 9.39. The number of nitrogens with zero attached hydrogens (tertiary/aromatic N) is 2. The first kappa shape index (κ1) is 17.0. The van der Waals surface area contributed by atoms with Gasteiger partial charge >= 0.3 is 0 Å². The molecule has 1 heterocycles. The number of guanidine groups is 1. The van der Waals surface area contributed by atoms with Crippen LogP contribution in [0.2, 0.25) is 0 Å². The number of nitrogens with one attached hydrogen (secondary N) is 1. The molecule has 134 valence electrons. The van der Waals surface area contributed by atoms with Crippen molar-refractivity contribution in [2.24, 2.45) is 21.8 Å². The molecule has 4 nitrogen and oxygen atoms in total. The quantitative estimate of drug-likeness (QED) is 0.881. The summed E-state index contributed by atoms with van der Waals surface area (Å²) in [6.07, 6.45) is 4.99. The maximum atomic E-state index is 9.03. The summed E-state index contributed by atoms with van der Waals surface area (Å²) in [5.41, 5.74) is 4.85. The standard InChI is InChI=1S/C22H25N3O/c1-15-12-17-4-2-3-5-20(17)21-18(13-15)14-23-22(25-21)24-19-8-6-16(7-9-19)10-11-26/h2-9,14-15,18,21,26H,10-13H2,1H3,(H,24,25). The van der Waals surface area contributed by atoms with Crippen LogP contribution in [-0.2, 0) is 12.8 Å². The lowest BCUT2D eigenvalue weighted by molar-refractivity contribution is 0.299. The van der Waals surface area contributed by atoms with Crippen LogP contribution in [0.25, 0.3) is 0 Å². The number of anilines is 1. The third-order valence-corrected chi connectivity index (χ3v) is 5.28. The van der Waals surface area contributed by atoms with Gasteiger partial charge in [-0.2, -0.15) is 0 Å². The normalized spacial score (nSPS) is 24.2. The van der Waals surface area contributed by atoms with Gasteiger partial charge in [-0.05, 0) is 54.0 Å². The van der Waals surface area contributed by atoms with Gasteiger partial charge in [0.2, 0.25) is 5.96 Å². The van der Waals surface area contributed by atoms with Crippen LogP contribution < -0.4 is 5.32 Å². The van der Waals surface area contributed by atoms with Crippen molar-refractivity contribution in [3.05, 3.63) is 65.2 Å². The minimum Gasteiger partial charge on any atom is -0.396 e. The van der Waals surface area contributed by atoms with Crippen molar-refractivity contribution in [2.75, 3.05) is 11.9 Å². The van der Waals surface area contributed by atoms with E-state index in [4.69, 9.17) is 10.1 Å². The molecule has 0 saturated carbocycles. The fourth-order valence-corrected chi connectivity index (χ4v) is 4.01. The summed E-state index contributed by atoms with van der Waals surface area (Å²) in [5, 5.41) is 12.4. The first-order chi connectivity index (χ1) is 12.7. The van der Waals surface area contributed by atoms with Crippen molar-refractivity contribution in [1.82, 2.24) is 0 Å². The van der Waals surface area contributed by atoms with E-state index in [1.54, 1.807) is 0 Å². The first-order valence-electron chi connectivity index (χ1n) is 9.39. The smallest absolute Gasteiger partial charge is 0.222 e. The Morgan fingerprint density at radius 1 is 1.12 bits per heavy atom. The Morgan fingerprint density at radius 3 is 2.73 bits per heavy atom. The van der Waals surface area contributed by atoms with Crippen molar-refractivity contribution in [3.8, 4) is 0 Å². The molecule has 26 heavy (non-hydrogen) atoms. The van der Waals surface area contributed by atoms with Crippen LogP contribution in [0.4, 0.5) is 5.69 Å². The summed E-state index contributed by atoms with van der Waals surface area (Å²) in [7, 11) is 0. The van der Waals surface area contributed by atoms with Gasteiger partial charge in [-0.1, -0.05) is 43.3 Å². The highest BCUT2D eigenvalue weighted by Gasteiger charge is 2.31. The lowest BCUT2D eigenvalue weighted by Gasteiger charge is -2.25. The van der Waals surface area contributed by atoms with E-state index in [1.807, 2.05) is 24.3 Å². The van der Waals surface area contributed by atoms with Gasteiger partial charge in [0.1, 0.15) is 0 Å². The average Bonchev–Trinajstić information content (AvgIpc) is 2.79. The topological polar surface area (TPSA) is 57.0 Å². The molecule has 4 heteroatoms. The molecule has 0 radical (unpaired) electrons. The second kappa shape index (κ2) is 7.42. The minimum atomic E-state index is 0.143. The molecule has 0 saturated heterocycles. The van der Waals surface area contributed by atoms with Crippen LogP contribution in [0, 0.1) is 11.8 Å². The fraction of sp³-hybridized carbons (Fsp3) is 0.364. The van der Waals surface area contributed by atoms with E-state index in [0.29, 0.717) is 24.2 Å². The van der Waals surface area contributed by atoms with E-state index < -0.39 is 0 Å². The van der Waals surface area contributed by atoms with E-state index in [0.717, 1.165) is 24.1 Å². The second-order valence-electron chi connectivity index (χ2n) is 7.38. The molecule has 2 aromatic carbocycles. The van der Waals surface area contributed by atoms with Crippen molar-refractivity contribution in [1.29, 1.82) is 0 Å². The summed E-state index contributed by atoms with van der Waals surface area (Å²) < 4.78 is 0. The van der Waals surface area contributed by atoms with Crippen LogP contribution in [0.3, 0.4) is 0 Å². The Hall–Kier alpha value is -2.46. The van der Waals surface area contributed by atoms with Gasteiger partial charge in [-0.25, -0.2) is 9.98 Å². The summed E-state index contributed by atoms with van der Waals surface area (Å²) in [6, 6.07) is 16.9. The SMILES string of the molecule is CC1Cc2ccccc2C2N=C(Nc3ccc(CCO)cc3)N=CC2C1. The van der Waals surface area contributed by atoms with E-state index in [9.17, 15) is 0 Å². The van der Waals surface area contributed by atoms with E-state index in [-0.39, 0.29) is 12.6 Å². The molecule has 0 bridgehead atoms. The highest BCUT2D eigenvalue weighted by atomic mass is 16.2. The summed E-state index contributed by atoms with van der Waals surface area (Å²) in [5.74, 6) is 1.68. The maximum absolute atomic E-state index is 9.03. The van der Waals surface area contributed by atoms with Gasteiger partial charge in [0.05, 0.1) is 6.04 Å². The van der Waals surface area contributed by atoms with Crippen molar-refractivity contribution in [2.45, 2.75) is 32.2 Å². The lowest BCUT2D eigenvalue weighted by Crippen LogP contribution is -2.23. The number of fused-ring (bicyclic) bond motifs is 3. The number of aliphatic hydroxyl groups is 1. The maximum Gasteiger partial charge on any atom is 0.222 e. The molecule has 2 aliphatic rings. The zero-order valence-electron chi connectivity index (χ0n) is 15.1. The zero-order valence-corrected chi connectivity index (χ0v) is 15.1. The summed E-state index contributed by atoms with van der Waals surface area (Å²) >= 11 is 0. The lowest BCUT2D eigenvalue weighted by atomic mass is 9.90. The van der Waals surface area contributed by atoms with Gasteiger partial charge in [-0.15, -0.1) is 0 Å². The largest absolute Gasteiger partial charge is 0.396 e. The molecule has 1 aliphatic heterocycles. The molecule has 2 aromatic rings. The number of hydrogen-bond donors (Lipinski definition) is 2. The van der Waals surface area contributed by atoms with Crippen LogP contribution in [0.1, 0.15) is 36.1 Å². The van der Waals surface area contributed by atoms with Crippen LogP contribution in [-0.4, -0.2) is 23.9 Å². The number of hydrogen-bond acceptors (Lipinski definition) is 4. The van der Waals surface area contributed by atoms with E-state index in [2.05, 4.69) is 47.7 Å². The average molecular weight is 347 g/mol. The molecular weight excluding hydrogens is 322 g/mol. The van der Waals surface area contributed by atoms with Crippen LogP contribution in [0.15, 0.2) is 58.5 Å². The number of aliphatic imine (C=N–C) groups is 2. The monoisotopic (exact) mass is 347 g/mol. The number of aliphatic hydroxyl groups excluding tert-OH is 1. The van der Waals surface area contributed by atoms with Gasteiger partial charge in [-0.3, -0.25) is 0 Å².